The molecule has 0 aliphatic carbocycles. The van der Waals surface area contributed by atoms with Gasteiger partial charge in [0.2, 0.25) is 0 Å². The van der Waals surface area contributed by atoms with E-state index in [1.54, 1.807) is 6.07 Å². The van der Waals surface area contributed by atoms with Crippen molar-refractivity contribution in [2.75, 3.05) is 0 Å². The van der Waals surface area contributed by atoms with E-state index in [2.05, 4.69) is 48.2 Å². The highest BCUT2D eigenvalue weighted by atomic mass is 32.1. The highest BCUT2D eigenvalue weighted by Crippen LogP contribution is 2.19. The van der Waals surface area contributed by atoms with Gasteiger partial charge >= 0.3 is 0 Å². The quantitative estimate of drug-likeness (QED) is 0.495. The number of carbonyl (C=O) groups excluding carboxylic acids is 1. The van der Waals surface area contributed by atoms with Crippen molar-refractivity contribution in [3.63, 3.8) is 0 Å². The zero-order valence-corrected chi connectivity index (χ0v) is 13.7. The maximum Gasteiger partial charge on any atom is 0.261 e. The van der Waals surface area contributed by atoms with E-state index < -0.39 is 0 Å². The molecule has 6 heteroatoms. The zero-order chi connectivity index (χ0) is 16.1. The van der Waals surface area contributed by atoms with Crippen LogP contribution in [0.1, 0.15) is 36.8 Å². The molecular formula is C16H18N4OS. The topological polar surface area (TPSA) is 77.9 Å². The molecule has 0 aliphatic heterocycles. The Balaban J connectivity index is 2.04. The van der Waals surface area contributed by atoms with Gasteiger partial charge in [-0.05, 0) is 55.1 Å². The molecule has 0 unspecified atom stereocenters. The fourth-order valence-corrected chi connectivity index (χ4v) is 3.27. The van der Waals surface area contributed by atoms with E-state index in [0.29, 0.717) is 11.4 Å². The summed E-state index contributed by atoms with van der Waals surface area (Å²) in [6.45, 7) is 6.99. The van der Waals surface area contributed by atoms with Gasteiger partial charge in [-0.2, -0.15) is 0 Å². The Morgan fingerprint density at radius 1 is 1.27 bits per heavy atom. The molecule has 114 valence electrons. The maximum absolute atomic E-state index is 12.2. The van der Waals surface area contributed by atoms with Gasteiger partial charge in [0.15, 0.2) is 0 Å². The molecule has 1 amide bonds. The normalized spacial score (nSPS) is 10.1. The van der Waals surface area contributed by atoms with E-state index in [4.69, 9.17) is 5.53 Å². The van der Waals surface area contributed by atoms with Crippen LogP contribution in [-0.2, 0) is 13.1 Å². The third kappa shape index (κ3) is 3.87. The summed E-state index contributed by atoms with van der Waals surface area (Å²) in [6.07, 6.45) is 0. The van der Waals surface area contributed by atoms with Crippen molar-refractivity contribution in [1.82, 2.24) is 5.32 Å². The summed E-state index contributed by atoms with van der Waals surface area (Å²) < 4.78 is 0. The summed E-state index contributed by atoms with van der Waals surface area (Å²) in [5.74, 6) is -0.100. The van der Waals surface area contributed by atoms with Gasteiger partial charge in [-0.1, -0.05) is 22.8 Å². The molecule has 2 rings (SSSR count). The number of thiophene rings is 1. The summed E-state index contributed by atoms with van der Waals surface area (Å²) in [7, 11) is 0. The van der Waals surface area contributed by atoms with Gasteiger partial charge in [-0.15, -0.1) is 11.3 Å². The lowest BCUT2D eigenvalue weighted by atomic mass is 10.00. The molecule has 1 aromatic heterocycles. The van der Waals surface area contributed by atoms with E-state index in [9.17, 15) is 4.79 Å². The third-order valence-corrected chi connectivity index (χ3v) is 4.51. The lowest BCUT2D eigenvalue weighted by Gasteiger charge is -2.12. The number of hydrogen-bond donors (Lipinski definition) is 1. The first-order valence-corrected chi connectivity index (χ1v) is 7.77. The van der Waals surface area contributed by atoms with Gasteiger partial charge in [0.05, 0.1) is 11.4 Å². The zero-order valence-electron chi connectivity index (χ0n) is 12.9. The fourth-order valence-electron chi connectivity index (χ4n) is 2.43. The predicted molar refractivity (Wildman–Crippen MR) is 89.0 cm³/mol. The van der Waals surface area contributed by atoms with Crippen LogP contribution in [0.15, 0.2) is 29.4 Å². The third-order valence-electron chi connectivity index (χ3n) is 3.44. The molecule has 1 N–H and O–H groups in total. The van der Waals surface area contributed by atoms with Crippen molar-refractivity contribution in [3.05, 3.63) is 66.7 Å². The number of nitrogens with one attached hydrogen (secondary N) is 1. The van der Waals surface area contributed by atoms with Crippen molar-refractivity contribution in [3.8, 4) is 0 Å². The number of hydrogen-bond acceptors (Lipinski definition) is 3. The molecule has 0 fully saturated rings. The lowest BCUT2D eigenvalue weighted by Crippen LogP contribution is -2.22. The second-order valence-electron chi connectivity index (χ2n) is 5.21. The Labute approximate surface area is 133 Å². The van der Waals surface area contributed by atoms with E-state index >= 15 is 0 Å². The highest BCUT2D eigenvalue weighted by molar-refractivity contribution is 7.14. The molecule has 0 spiro atoms. The molecule has 2 aromatic rings. The van der Waals surface area contributed by atoms with Crippen molar-refractivity contribution in [1.29, 1.82) is 0 Å². The Morgan fingerprint density at radius 2 is 1.95 bits per heavy atom. The molecular weight excluding hydrogens is 296 g/mol. The fraction of sp³-hybridized carbons (Fsp3) is 0.312. The average Bonchev–Trinajstić information content (AvgIpc) is 2.92. The summed E-state index contributed by atoms with van der Waals surface area (Å²) >= 11 is 1.35. The van der Waals surface area contributed by atoms with Gasteiger partial charge in [-0.3, -0.25) is 4.79 Å². The Hall–Kier alpha value is -2.30. The molecule has 0 bridgehead atoms. The van der Waals surface area contributed by atoms with Gasteiger partial charge in [0, 0.05) is 16.3 Å². The van der Waals surface area contributed by atoms with Crippen LogP contribution in [0.5, 0.6) is 0 Å². The summed E-state index contributed by atoms with van der Waals surface area (Å²) in [4.78, 5) is 16.4. The van der Waals surface area contributed by atoms with Crippen molar-refractivity contribution < 1.29 is 4.79 Å². The van der Waals surface area contributed by atoms with Crippen LogP contribution in [0.4, 0.5) is 0 Å². The van der Waals surface area contributed by atoms with Gasteiger partial charge in [-0.25, -0.2) is 0 Å². The highest BCUT2D eigenvalue weighted by Gasteiger charge is 2.10. The largest absolute Gasteiger partial charge is 0.347 e. The summed E-state index contributed by atoms with van der Waals surface area (Å²) in [6, 6.07) is 7.82. The number of carbonyl (C=O) groups is 1. The first kappa shape index (κ1) is 16.1. The first-order valence-electron chi connectivity index (χ1n) is 6.95. The maximum atomic E-state index is 12.2. The molecule has 5 nitrogen and oxygen atoms in total. The van der Waals surface area contributed by atoms with E-state index in [-0.39, 0.29) is 12.5 Å². The molecule has 1 aromatic carbocycles. The molecule has 1 heterocycles. The minimum Gasteiger partial charge on any atom is -0.347 e. The molecule has 0 atom stereocenters. The molecule has 0 aliphatic rings. The Morgan fingerprint density at radius 3 is 2.59 bits per heavy atom. The second-order valence-corrected chi connectivity index (χ2v) is 6.38. The van der Waals surface area contributed by atoms with Crippen LogP contribution in [-0.4, -0.2) is 5.91 Å². The predicted octanol–water partition coefficient (Wildman–Crippen LogP) is 4.41. The molecule has 0 radical (unpaired) electrons. The van der Waals surface area contributed by atoms with Crippen molar-refractivity contribution in [2.45, 2.75) is 33.9 Å². The second kappa shape index (κ2) is 7.11. The van der Waals surface area contributed by atoms with Crippen molar-refractivity contribution in [2.24, 2.45) is 5.11 Å². The number of rotatable bonds is 5. The standard InChI is InChI=1S/C16H18N4OS/c1-10-6-11(2)14(12(3)7-10)9-18-16(21)15-5-4-13(22-15)8-19-20-17/h4-7H,8-9H2,1-3H3,(H,18,21). The molecule has 0 saturated heterocycles. The number of benzene rings is 1. The number of amides is 1. The van der Waals surface area contributed by atoms with E-state index in [1.165, 1.54) is 28.0 Å². The van der Waals surface area contributed by atoms with Crippen LogP contribution in [0, 0.1) is 20.8 Å². The van der Waals surface area contributed by atoms with E-state index in [0.717, 1.165) is 10.4 Å². The number of azide groups is 1. The van der Waals surface area contributed by atoms with Crippen molar-refractivity contribution >= 4 is 17.2 Å². The van der Waals surface area contributed by atoms with Crippen LogP contribution in [0.2, 0.25) is 0 Å². The van der Waals surface area contributed by atoms with Crippen LogP contribution in [0.3, 0.4) is 0 Å². The monoisotopic (exact) mass is 314 g/mol. The molecule has 0 saturated carbocycles. The van der Waals surface area contributed by atoms with E-state index in [1.807, 2.05) is 6.07 Å². The SMILES string of the molecule is Cc1cc(C)c(CNC(=O)c2ccc(CN=[N+]=[N-])s2)c(C)c1. The smallest absolute Gasteiger partial charge is 0.261 e. The minimum absolute atomic E-state index is 0.100. The van der Waals surface area contributed by atoms with Crippen LogP contribution >= 0.6 is 11.3 Å². The number of aryl methyl sites for hydroxylation is 3. The van der Waals surface area contributed by atoms with Crippen LogP contribution < -0.4 is 5.32 Å². The van der Waals surface area contributed by atoms with Gasteiger partial charge in [0.25, 0.3) is 5.91 Å². The Kier molecular flexibility index (Phi) is 5.20. The minimum atomic E-state index is -0.100. The average molecular weight is 314 g/mol. The lowest BCUT2D eigenvalue weighted by molar-refractivity contribution is 0.0955. The summed E-state index contributed by atoms with van der Waals surface area (Å²) in [5.41, 5.74) is 13.1. The van der Waals surface area contributed by atoms with Gasteiger partial charge in [0.1, 0.15) is 0 Å². The van der Waals surface area contributed by atoms with Crippen LogP contribution in [0.25, 0.3) is 10.4 Å². The number of nitrogens with zero attached hydrogens (tertiary/aromatic N) is 3. The first-order chi connectivity index (χ1) is 10.5. The molecule has 22 heavy (non-hydrogen) atoms. The Bertz CT molecular complexity index is 721. The van der Waals surface area contributed by atoms with Gasteiger partial charge < -0.3 is 5.32 Å². The summed E-state index contributed by atoms with van der Waals surface area (Å²) in [5, 5.41) is 6.45.